The van der Waals surface area contributed by atoms with Gasteiger partial charge < -0.3 is 9.47 Å². The van der Waals surface area contributed by atoms with Crippen molar-refractivity contribution in [2.75, 3.05) is 11.9 Å². The third-order valence-electron chi connectivity index (χ3n) is 4.05. The van der Waals surface area contributed by atoms with Crippen molar-refractivity contribution in [1.29, 1.82) is 0 Å². The minimum Gasteiger partial charge on any atom is -0.335 e. The lowest BCUT2D eigenvalue weighted by Crippen LogP contribution is -2.22. The van der Waals surface area contributed by atoms with Crippen molar-refractivity contribution < 1.29 is 0 Å². The van der Waals surface area contributed by atoms with E-state index in [4.69, 9.17) is 4.98 Å². The fraction of sp³-hybridized carbons (Fsp3) is 0.176. The Balaban J connectivity index is 1.66. The molecule has 0 saturated carbocycles. The molecular formula is C17H17N7. The quantitative estimate of drug-likeness (QED) is 0.577. The summed E-state index contributed by atoms with van der Waals surface area (Å²) in [5.74, 6) is 1.63. The molecule has 0 bridgehead atoms. The first-order chi connectivity index (χ1) is 11.7. The Hall–Kier alpha value is -3.22. The number of nitrogens with zero attached hydrogens (tertiary/aromatic N) is 7. The number of anilines is 1. The van der Waals surface area contributed by atoms with Crippen molar-refractivity contribution in [3.05, 3.63) is 60.4 Å². The normalized spacial score (nSPS) is 11.1. The Morgan fingerprint density at radius 3 is 2.54 bits per heavy atom. The van der Waals surface area contributed by atoms with Crippen LogP contribution in [0, 0.1) is 0 Å². The third-order valence-corrected chi connectivity index (χ3v) is 4.05. The predicted molar refractivity (Wildman–Crippen MR) is 92.0 cm³/mol. The van der Waals surface area contributed by atoms with Crippen molar-refractivity contribution in [2.45, 2.75) is 6.54 Å². The number of imidazole rings is 1. The van der Waals surface area contributed by atoms with Crippen LogP contribution < -0.4 is 4.90 Å². The molecule has 2 aromatic carbocycles. The first-order valence-electron chi connectivity index (χ1n) is 7.69. The Kier molecular flexibility index (Phi) is 3.45. The van der Waals surface area contributed by atoms with Gasteiger partial charge in [0.2, 0.25) is 0 Å². The first kappa shape index (κ1) is 14.4. The zero-order chi connectivity index (χ0) is 16.5. The summed E-state index contributed by atoms with van der Waals surface area (Å²) in [4.78, 5) is 6.70. The van der Waals surface area contributed by atoms with Gasteiger partial charge in [-0.2, -0.15) is 4.68 Å². The number of fused-ring (bicyclic) bond motifs is 1. The van der Waals surface area contributed by atoms with E-state index in [1.165, 1.54) is 0 Å². The Bertz CT molecular complexity index is 971. The molecule has 0 atom stereocenters. The Labute approximate surface area is 139 Å². The van der Waals surface area contributed by atoms with Crippen LogP contribution in [0.25, 0.3) is 16.7 Å². The van der Waals surface area contributed by atoms with Crippen LogP contribution in [-0.4, -0.2) is 36.8 Å². The van der Waals surface area contributed by atoms with E-state index in [1.54, 1.807) is 4.68 Å². The molecule has 4 aromatic rings. The van der Waals surface area contributed by atoms with Crippen molar-refractivity contribution in [1.82, 2.24) is 29.8 Å². The molecule has 0 N–H and O–H groups in total. The molecule has 0 fully saturated rings. The number of para-hydroxylation sites is 3. The molecular weight excluding hydrogens is 302 g/mol. The van der Waals surface area contributed by atoms with Crippen LogP contribution >= 0.6 is 0 Å². The van der Waals surface area contributed by atoms with Gasteiger partial charge in [0, 0.05) is 14.1 Å². The molecule has 24 heavy (non-hydrogen) atoms. The summed E-state index contributed by atoms with van der Waals surface area (Å²) in [5.41, 5.74) is 3.03. The molecule has 0 radical (unpaired) electrons. The summed E-state index contributed by atoms with van der Waals surface area (Å²) >= 11 is 0. The van der Waals surface area contributed by atoms with Gasteiger partial charge in [0.05, 0.1) is 23.3 Å². The molecule has 0 spiro atoms. The third kappa shape index (κ3) is 2.40. The first-order valence-corrected chi connectivity index (χ1v) is 7.69. The van der Waals surface area contributed by atoms with Gasteiger partial charge in [-0.1, -0.05) is 35.4 Å². The number of hydrogen-bond acceptors (Lipinski definition) is 5. The molecule has 120 valence electrons. The second-order valence-electron chi connectivity index (χ2n) is 5.66. The SMILES string of the molecule is CN(Cc1nc2ccccc2n1C)c1nnnn1-c1ccccc1. The lowest BCUT2D eigenvalue weighted by Gasteiger charge is -2.17. The lowest BCUT2D eigenvalue weighted by molar-refractivity contribution is 0.736. The van der Waals surface area contributed by atoms with Crippen LogP contribution in [-0.2, 0) is 13.6 Å². The highest BCUT2D eigenvalue weighted by atomic mass is 15.6. The predicted octanol–water partition coefficient (Wildman–Crippen LogP) is 2.19. The van der Waals surface area contributed by atoms with Gasteiger partial charge in [-0.25, -0.2) is 4.98 Å². The fourth-order valence-corrected chi connectivity index (χ4v) is 2.78. The summed E-state index contributed by atoms with van der Waals surface area (Å²) in [6.45, 7) is 0.610. The smallest absolute Gasteiger partial charge is 0.250 e. The lowest BCUT2D eigenvalue weighted by atomic mass is 10.3. The second kappa shape index (κ2) is 5.77. The van der Waals surface area contributed by atoms with Gasteiger partial charge in [0.25, 0.3) is 5.95 Å². The molecule has 0 saturated heterocycles. The van der Waals surface area contributed by atoms with Gasteiger partial charge in [-0.05, 0) is 34.7 Å². The standard InChI is InChI=1S/C17H17N7/c1-22(12-16-18-14-10-6-7-11-15(14)23(16)2)17-19-20-21-24(17)13-8-4-3-5-9-13/h3-11H,12H2,1-2H3. The average molecular weight is 319 g/mol. The number of aryl methyl sites for hydroxylation is 1. The minimum atomic E-state index is 0.610. The van der Waals surface area contributed by atoms with Crippen LogP contribution in [0.4, 0.5) is 5.95 Å². The maximum absolute atomic E-state index is 4.71. The van der Waals surface area contributed by atoms with E-state index in [0.29, 0.717) is 12.5 Å². The number of tetrazole rings is 1. The highest BCUT2D eigenvalue weighted by molar-refractivity contribution is 5.75. The fourth-order valence-electron chi connectivity index (χ4n) is 2.78. The molecule has 0 aliphatic rings. The molecule has 0 unspecified atom stereocenters. The number of benzene rings is 2. The highest BCUT2D eigenvalue weighted by Crippen LogP contribution is 2.19. The van der Waals surface area contributed by atoms with Crippen LogP contribution in [0.15, 0.2) is 54.6 Å². The van der Waals surface area contributed by atoms with E-state index in [2.05, 4.69) is 26.2 Å². The second-order valence-corrected chi connectivity index (χ2v) is 5.66. The van der Waals surface area contributed by atoms with Crippen molar-refractivity contribution in [3.63, 3.8) is 0 Å². The van der Waals surface area contributed by atoms with Crippen molar-refractivity contribution in [3.8, 4) is 5.69 Å². The zero-order valence-corrected chi connectivity index (χ0v) is 13.5. The van der Waals surface area contributed by atoms with Gasteiger partial charge >= 0.3 is 0 Å². The maximum Gasteiger partial charge on any atom is 0.250 e. The summed E-state index contributed by atoms with van der Waals surface area (Å²) in [6.07, 6.45) is 0. The summed E-state index contributed by atoms with van der Waals surface area (Å²) < 4.78 is 3.82. The van der Waals surface area contributed by atoms with Crippen LogP contribution in [0.1, 0.15) is 5.82 Å². The highest BCUT2D eigenvalue weighted by Gasteiger charge is 2.16. The van der Waals surface area contributed by atoms with Crippen LogP contribution in [0.2, 0.25) is 0 Å². The molecule has 0 aliphatic carbocycles. The van der Waals surface area contributed by atoms with Gasteiger partial charge in [-0.15, -0.1) is 0 Å². The molecule has 2 heterocycles. The topological polar surface area (TPSA) is 64.7 Å². The molecule has 0 aliphatic heterocycles. The minimum absolute atomic E-state index is 0.610. The average Bonchev–Trinajstić information content (AvgIpc) is 3.22. The van der Waals surface area contributed by atoms with Crippen LogP contribution in [0.3, 0.4) is 0 Å². The number of aromatic nitrogens is 6. The van der Waals surface area contributed by atoms with Gasteiger partial charge in [-0.3, -0.25) is 0 Å². The van der Waals surface area contributed by atoms with Gasteiger partial charge in [0.15, 0.2) is 0 Å². The maximum atomic E-state index is 4.71. The molecule has 2 aromatic heterocycles. The van der Waals surface area contributed by atoms with E-state index < -0.39 is 0 Å². The van der Waals surface area contributed by atoms with Gasteiger partial charge in [0.1, 0.15) is 5.82 Å². The zero-order valence-electron chi connectivity index (χ0n) is 13.5. The van der Waals surface area contributed by atoms with E-state index in [9.17, 15) is 0 Å². The largest absolute Gasteiger partial charge is 0.335 e. The van der Waals surface area contributed by atoms with E-state index in [1.807, 2.05) is 67.5 Å². The Morgan fingerprint density at radius 2 is 1.75 bits per heavy atom. The molecule has 7 nitrogen and oxygen atoms in total. The molecule has 4 rings (SSSR count). The molecule has 7 heteroatoms. The van der Waals surface area contributed by atoms with E-state index in [-0.39, 0.29) is 0 Å². The van der Waals surface area contributed by atoms with E-state index in [0.717, 1.165) is 22.5 Å². The van der Waals surface area contributed by atoms with Crippen molar-refractivity contribution >= 4 is 17.0 Å². The summed E-state index contributed by atoms with van der Waals surface area (Å²) in [6, 6.07) is 18.0. The van der Waals surface area contributed by atoms with Crippen molar-refractivity contribution in [2.24, 2.45) is 7.05 Å². The number of rotatable bonds is 4. The number of hydrogen-bond donors (Lipinski definition) is 0. The van der Waals surface area contributed by atoms with E-state index >= 15 is 0 Å². The summed E-state index contributed by atoms with van der Waals surface area (Å²) in [5, 5.41) is 12.1. The summed E-state index contributed by atoms with van der Waals surface area (Å²) in [7, 11) is 3.99. The van der Waals surface area contributed by atoms with Crippen LogP contribution in [0.5, 0.6) is 0 Å². The monoisotopic (exact) mass is 319 g/mol. The molecule has 0 amide bonds. The Morgan fingerprint density at radius 1 is 1.00 bits per heavy atom.